The van der Waals surface area contributed by atoms with Gasteiger partial charge in [-0.05, 0) is 24.3 Å². The average Bonchev–Trinajstić information content (AvgIpc) is 2.49. The smallest absolute Gasteiger partial charge is 0.272 e. The number of para-hydroxylation sites is 3. The molecule has 0 unspecified atom stereocenters. The summed E-state index contributed by atoms with van der Waals surface area (Å²) in [4.78, 5) is 12.5. The van der Waals surface area contributed by atoms with E-state index in [0.29, 0.717) is 10.7 Å². The minimum absolute atomic E-state index is 0.203. The molecule has 3 N–H and O–H groups in total. The first-order valence-electron chi connectivity index (χ1n) is 6.47. The number of rotatable bonds is 2. The van der Waals surface area contributed by atoms with Crippen LogP contribution in [-0.2, 0) is 4.79 Å². The summed E-state index contributed by atoms with van der Waals surface area (Å²) in [7, 11) is 0. The third-order valence-corrected chi connectivity index (χ3v) is 3.23. The normalized spacial score (nSPS) is 14.9. The number of hydrogen-bond donors (Lipinski definition) is 3. The third kappa shape index (κ3) is 3.09. The van der Waals surface area contributed by atoms with Crippen LogP contribution in [0.1, 0.15) is 0 Å². The molecule has 1 amide bonds. The fourth-order valence-corrected chi connectivity index (χ4v) is 2.26. The maximum Gasteiger partial charge on any atom is 0.272 e. The van der Waals surface area contributed by atoms with E-state index in [1.54, 1.807) is 6.08 Å². The summed E-state index contributed by atoms with van der Waals surface area (Å²) in [6, 6.07) is 17.1. The molecule has 0 saturated carbocycles. The van der Waals surface area contributed by atoms with Crippen molar-refractivity contribution in [2.45, 2.75) is 0 Å². The van der Waals surface area contributed by atoms with Crippen molar-refractivity contribution >= 4 is 40.2 Å². The van der Waals surface area contributed by atoms with Crippen molar-refractivity contribution in [3.05, 3.63) is 66.4 Å². The molecule has 4 nitrogen and oxygen atoms in total. The highest BCUT2D eigenvalue weighted by molar-refractivity contribution is 7.81. The zero-order valence-electron chi connectivity index (χ0n) is 11.1. The molecule has 21 heavy (non-hydrogen) atoms. The van der Waals surface area contributed by atoms with E-state index in [2.05, 4.69) is 16.0 Å². The van der Waals surface area contributed by atoms with Crippen molar-refractivity contribution in [2.24, 2.45) is 0 Å². The van der Waals surface area contributed by atoms with E-state index in [4.69, 9.17) is 12.2 Å². The van der Waals surface area contributed by atoms with Gasteiger partial charge in [-0.3, -0.25) is 4.79 Å². The maximum absolute atomic E-state index is 12.0. The van der Waals surface area contributed by atoms with Crippen LogP contribution in [0, 0.1) is 0 Å². The van der Waals surface area contributed by atoms with E-state index in [-0.39, 0.29) is 5.91 Å². The van der Waals surface area contributed by atoms with Gasteiger partial charge in [-0.2, -0.15) is 0 Å². The predicted molar refractivity (Wildman–Crippen MR) is 89.4 cm³/mol. The molecule has 2 aromatic rings. The Hall–Kier alpha value is -2.66. The number of nitrogens with one attached hydrogen (secondary N) is 3. The number of fused-ring (bicyclic) bond motifs is 1. The van der Waals surface area contributed by atoms with Crippen molar-refractivity contribution in [1.82, 2.24) is 0 Å². The van der Waals surface area contributed by atoms with Gasteiger partial charge in [-0.1, -0.05) is 42.5 Å². The highest BCUT2D eigenvalue weighted by Gasteiger charge is 2.19. The number of carbonyl (C=O) groups is 1. The number of anilines is 3. The predicted octanol–water partition coefficient (Wildman–Crippen LogP) is 3.37. The van der Waals surface area contributed by atoms with Crippen LogP contribution in [0.2, 0.25) is 0 Å². The molecule has 0 aromatic heterocycles. The lowest BCUT2D eigenvalue weighted by atomic mass is 10.2. The molecule has 104 valence electrons. The second kappa shape index (κ2) is 5.76. The molecule has 1 aliphatic heterocycles. The largest absolute Gasteiger partial charge is 0.349 e. The van der Waals surface area contributed by atoms with E-state index in [0.717, 1.165) is 17.1 Å². The molecular weight excluding hydrogens is 282 g/mol. The van der Waals surface area contributed by atoms with Crippen LogP contribution < -0.4 is 16.0 Å². The Morgan fingerprint density at radius 2 is 1.57 bits per heavy atom. The maximum atomic E-state index is 12.0. The monoisotopic (exact) mass is 295 g/mol. The van der Waals surface area contributed by atoms with Crippen LogP contribution in [0.25, 0.3) is 0 Å². The number of hydrogen-bond acceptors (Lipinski definition) is 3. The second-order valence-corrected chi connectivity index (χ2v) is 4.98. The van der Waals surface area contributed by atoms with Crippen LogP contribution >= 0.6 is 12.2 Å². The number of benzene rings is 2. The van der Waals surface area contributed by atoms with Gasteiger partial charge in [0.05, 0.1) is 11.4 Å². The van der Waals surface area contributed by atoms with Gasteiger partial charge in [-0.25, -0.2) is 0 Å². The molecule has 0 radical (unpaired) electrons. The lowest BCUT2D eigenvalue weighted by molar-refractivity contribution is -0.112. The Balaban J connectivity index is 1.77. The minimum atomic E-state index is -0.203. The lowest BCUT2D eigenvalue weighted by Gasteiger charge is -2.21. The van der Waals surface area contributed by atoms with Crippen molar-refractivity contribution in [3.63, 3.8) is 0 Å². The topological polar surface area (TPSA) is 53.2 Å². The first-order valence-corrected chi connectivity index (χ1v) is 6.88. The molecule has 0 bridgehead atoms. The molecule has 5 heteroatoms. The summed E-state index contributed by atoms with van der Waals surface area (Å²) < 4.78 is 0. The zero-order chi connectivity index (χ0) is 14.7. The Bertz CT molecular complexity index is 725. The van der Waals surface area contributed by atoms with Gasteiger partial charge >= 0.3 is 0 Å². The fourth-order valence-electron chi connectivity index (χ4n) is 2.03. The highest BCUT2D eigenvalue weighted by atomic mass is 32.1. The summed E-state index contributed by atoms with van der Waals surface area (Å²) in [5.41, 5.74) is 2.92. The minimum Gasteiger partial charge on any atom is -0.349 e. The molecule has 0 aliphatic carbocycles. The number of carbonyl (C=O) groups excluding carboxylic acids is 1. The summed E-state index contributed by atoms with van der Waals surface area (Å²) in [5, 5.41) is 8.98. The molecule has 2 aromatic carbocycles. The Morgan fingerprint density at radius 3 is 2.29 bits per heavy atom. The van der Waals surface area contributed by atoms with Crippen LogP contribution in [0.4, 0.5) is 17.1 Å². The van der Waals surface area contributed by atoms with Gasteiger partial charge in [0, 0.05) is 11.8 Å². The van der Waals surface area contributed by atoms with Crippen LogP contribution in [-0.4, -0.2) is 10.9 Å². The first kappa shape index (κ1) is 13.3. The standard InChI is InChI=1S/C16H13N3OS/c20-16-14(18-12-8-4-5-9-13(12)19-16)10-15(21)17-11-6-2-1-3-7-11/h1-10,18H,(H,17,21)(H,19,20)/b14-10-. The molecule has 0 saturated heterocycles. The fraction of sp³-hybridized carbons (Fsp3) is 0. The van der Waals surface area contributed by atoms with Gasteiger partial charge in [-0.15, -0.1) is 0 Å². The van der Waals surface area contributed by atoms with Gasteiger partial charge in [0.1, 0.15) is 10.7 Å². The summed E-state index contributed by atoms with van der Waals surface area (Å²) in [6.07, 6.45) is 1.62. The first-order chi connectivity index (χ1) is 10.2. The van der Waals surface area contributed by atoms with Crippen molar-refractivity contribution in [3.8, 4) is 0 Å². The van der Waals surface area contributed by atoms with Gasteiger partial charge in [0.2, 0.25) is 0 Å². The molecule has 0 fully saturated rings. The molecule has 0 atom stereocenters. The number of thiocarbonyl (C=S) groups is 1. The molecule has 0 spiro atoms. The summed E-state index contributed by atoms with van der Waals surface area (Å²) >= 11 is 5.26. The molecule has 1 aliphatic rings. The molecular formula is C16H13N3OS. The van der Waals surface area contributed by atoms with E-state index >= 15 is 0 Å². The summed E-state index contributed by atoms with van der Waals surface area (Å²) in [5.74, 6) is -0.203. The third-order valence-electron chi connectivity index (χ3n) is 3.01. The van der Waals surface area contributed by atoms with Crippen molar-refractivity contribution in [2.75, 3.05) is 16.0 Å². The van der Waals surface area contributed by atoms with Gasteiger partial charge in [0.25, 0.3) is 5.91 Å². The number of amides is 1. The zero-order valence-corrected chi connectivity index (χ0v) is 11.9. The summed E-state index contributed by atoms with van der Waals surface area (Å²) in [6.45, 7) is 0. The lowest BCUT2D eigenvalue weighted by Crippen LogP contribution is -2.26. The highest BCUT2D eigenvalue weighted by Crippen LogP contribution is 2.27. The van der Waals surface area contributed by atoms with Gasteiger partial charge < -0.3 is 16.0 Å². The molecule has 3 rings (SSSR count). The van der Waals surface area contributed by atoms with Crippen LogP contribution in [0.3, 0.4) is 0 Å². The van der Waals surface area contributed by atoms with Crippen LogP contribution in [0.15, 0.2) is 66.4 Å². The van der Waals surface area contributed by atoms with E-state index in [1.807, 2.05) is 54.6 Å². The Labute approximate surface area is 127 Å². The van der Waals surface area contributed by atoms with E-state index < -0.39 is 0 Å². The second-order valence-electron chi connectivity index (χ2n) is 4.54. The van der Waals surface area contributed by atoms with Gasteiger partial charge in [0.15, 0.2) is 0 Å². The SMILES string of the molecule is O=C1Nc2ccccc2N/C1=C\C(=S)Nc1ccccc1. The Kier molecular flexibility index (Phi) is 3.66. The quantitative estimate of drug-likeness (QED) is 0.587. The van der Waals surface area contributed by atoms with Crippen LogP contribution in [0.5, 0.6) is 0 Å². The average molecular weight is 295 g/mol. The van der Waals surface area contributed by atoms with Crippen molar-refractivity contribution < 1.29 is 4.79 Å². The molecule has 1 heterocycles. The van der Waals surface area contributed by atoms with E-state index in [9.17, 15) is 4.79 Å². The van der Waals surface area contributed by atoms with Crippen molar-refractivity contribution in [1.29, 1.82) is 0 Å². The van der Waals surface area contributed by atoms with E-state index in [1.165, 1.54) is 0 Å². The Morgan fingerprint density at radius 1 is 0.952 bits per heavy atom.